The number of unbranched alkanes of at least 4 members (excludes halogenated alkanes) is 3. The van der Waals surface area contributed by atoms with E-state index >= 15 is 0 Å². The molecule has 1 rings (SSSR count). The fraction of sp³-hybridized carbons (Fsp3) is 0.931. The zero-order valence-corrected chi connectivity index (χ0v) is 23.7. The molecule has 0 aromatic carbocycles. The topological polar surface area (TPSA) is 70.1 Å². The third-order valence-corrected chi connectivity index (χ3v) is 8.93. The molecule has 3 amide bonds. The van der Waals surface area contributed by atoms with Gasteiger partial charge in [-0.3, -0.25) is 9.69 Å². The number of hydrogen-bond acceptors (Lipinski definition) is 4. The molecule has 0 aliphatic carbocycles. The van der Waals surface area contributed by atoms with Gasteiger partial charge in [0.05, 0.1) is 0 Å². The van der Waals surface area contributed by atoms with E-state index in [-0.39, 0.29) is 18.5 Å². The van der Waals surface area contributed by atoms with Gasteiger partial charge in [0.15, 0.2) is 0 Å². The largest absolute Gasteiger partial charge is 0.396 e. The van der Waals surface area contributed by atoms with Crippen LogP contribution in [-0.4, -0.2) is 66.8 Å². The first-order chi connectivity index (χ1) is 16.8. The predicted molar refractivity (Wildman–Crippen MR) is 144 cm³/mol. The molecule has 0 aromatic rings. The SMILES string of the molecule is CCC(CC)(CCCCO)CCCCOCCCCC(CC)(CC)CCCN1C(=O)CN(C)C1=O. The lowest BCUT2D eigenvalue weighted by Crippen LogP contribution is -2.33. The molecule has 0 spiro atoms. The second-order valence-corrected chi connectivity index (χ2v) is 10.9. The average molecular weight is 497 g/mol. The summed E-state index contributed by atoms with van der Waals surface area (Å²) in [7, 11) is 1.69. The molecule has 1 aliphatic heterocycles. The third-order valence-electron chi connectivity index (χ3n) is 8.93. The number of carbonyl (C=O) groups excluding carboxylic acids is 2. The van der Waals surface area contributed by atoms with Crippen molar-refractivity contribution in [3.8, 4) is 0 Å². The number of aliphatic hydroxyl groups excluding tert-OH is 1. The number of amides is 3. The van der Waals surface area contributed by atoms with Crippen LogP contribution in [-0.2, 0) is 9.53 Å². The van der Waals surface area contributed by atoms with E-state index in [0.717, 1.165) is 64.6 Å². The minimum Gasteiger partial charge on any atom is -0.396 e. The molecule has 1 N–H and O–H groups in total. The molecule has 0 atom stereocenters. The van der Waals surface area contributed by atoms with Crippen molar-refractivity contribution in [1.82, 2.24) is 9.80 Å². The molecule has 6 heteroatoms. The summed E-state index contributed by atoms with van der Waals surface area (Å²) in [6.07, 6.45) is 17.1. The second-order valence-electron chi connectivity index (χ2n) is 10.9. The summed E-state index contributed by atoms with van der Waals surface area (Å²) in [5, 5.41) is 9.08. The summed E-state index contributed by atoms with van der Waals surface area (Å²) in [6.45, 7) is 12.0. The molecule has 1 aliphatic rings. The van der Waals surface area contributed by atoms with Crippen molar-refractivity contribution in [2.24, 2.45) is 10.8 Å². The number of rotatable bonds is 22. The Morgan fingerprint density at radius 1 is 0.743 bits per heavy atom. The van der Waals surface area contributed by atoms with Crippen LogP contribution in [0.15, 0.2) is 0 Å². The van der Waals surface area contributed by atoms with Crippen LogP contribution in [0.1, 0.15) is 124 Å². The Morgan fingerprint density at radius 3 is 1.60 bits per heavy atom. The van der Waals surface area contributed by atoms with E-state index in [1.54, 1.807) is 7.05 Å². The minimum absolute atomic E-state index is 0.0648. The van der Waals surface area contributed by atoms with Crippen LogP contribution in [0.2, 0.25) is 0 Å². The maximum absolute atomic E-state index is 12.1. The zero-order valence-electron chi connectivity index (χ0n) is 23.7. The number of ether oxygens (including phenoxy) is 1. The summed E-state index contributed by atoms with van der Waals surface area (Å²) in [6, 6.07) is -0.150. The van der Waals surface area contributed by atoms with Gasteiger partial charge in [0.1, 0.15) is 6.54 Å². The number of carbonyl (C=O) groups is 2. The van der Waals surface area contributed by atoms with Gasteiger partial charge in [-0.1, -0.05) is 72.6 Å². The molecular formula is C29H56N2O4. The summed E-state index contributed by atoms with van der Waals surface area (Å²) in [5.74, 6) is -0.0648. The van der Waals surface area contributed by atoms with Gasteiger partial charge in [-0.05, 0) is 62.2 Å². The van der Waals surface area contributed by atoms with Crippen molar-refractivity contribution < 1.29 is 19.4 Å². The fourth-order valence-corrected chi connectivity index (χ4v) is 5.79. The van der Waals surface area contributed by atoms with Crippen LogP contribution in [0.4, 0.5) is 4.79 Å². The minimum atomic E-state index is -0.150. The van der Waals surface area contributed by atoms with E-state index in [1.807, 2.05) is 0 Å². The quantitative estimate of drug-likeness (QED) is 0.132. The maximum Gasteiger partial charge on any atom is 0.326 e. The van der Waals surface area contributed by atoms with Crippen molar-refractivity contribution in [3.05, 3.63) is 0 Å². The zero-order chi connectivity index (χ0) is 26.2. The molecule has 206 valence electrons. The van der Waals surface area contributed by atoms with Crippen LogP contribution >= 0.6 is 0 Å². The van der Waals surface area contributed by atoms with Gasteiger partial charge in [-0.15, -0.1) is 0 Å². The number of aliphatic hydroxyl groups is 1. The first-order valence-corrected chi connectivity index (χ1v) is 14.6. The van der Waals surface area contributed by atoms with Gasteiger partial charge < -0.3 is 14.7 Å². The summed E-state index contributed by atoms with van der Waals surface area (Å²) >= 11 is 0. The van der Waals surface area contributed by atoms with Crippen LogP contribution in [0.25, 0.3) is 0 Å². The Kier molecular flexibility index (Phi) is 15.8. The van der Waals surface area contributed by atoms with Crippen molar-refractivity contribution >= 4 is 11.9 Å². The van der Waals surface area contributed by atoms with E-state index < -0.39 is 0 Å². The number of nitrogens with zero attached hydrogens (tertiary/aromatic N) is 2. The van der Waals surface area contributed by atoms with E-state index in [4.69, 9.17) is 9.84 Å². The molecular weight excluding hydrogens is 440 g/mol. The number of likely N-dealkylation sites (N-methyl/N-ethyl adjacent to an activating group) is 1. The lowest BCUT2D eigenvalue weighted by atomic mass is 9.74. The Labute approximate surface area is 216 Å². The summed E-state index contributed by atoms with van der Waals surface area (Å²) in [4.78, 5) is 27.0. The van der Waals surface area contributed by atoms with Crippen molar-refractivity contribution in [2.45, 2.75) is 124 Å². The lowest BCUT2D eigenvalue weighted by Gasteiger charge is -2.32. The highest BCUT2D eigenvalue weighted by atomic mass is 16.5. The standard InChI is InChI=1S/C29H56N2O4/c1-6-28(7-2,17-10-13-22-32)18-11-14-23-35-24-15-12-19-29(8-3,9-4)20-16-21-31-26(33)25-30(5)27(31)34/h32H,6-25H2,1-5H3. The van der Waals surface area contributed by atoms with E-state index in [0.29, 0.717) is 24.0 Å². The smallest absolute Gasteiger partial charge is 0.326 e. The normalized spacial score (nSPS) is 15.0. The van der Waals surface area contributed by atoms with Crippen LogP contribution in [0.3, 0.4) is 0 Å². The van der Waals surface area contributed by atoms with Gasteiger partial charge in [-0.2, -0.15) is 0 Å². The molecule has 0 radical (unpaired) electrons. The molecule has 35 heavy (non-hydrogen) atoms. The first-order valence-electron chi connectivity index (χ1n) is 14.6. The van der Waals surface area contributed by atoms with Gasteiger partial charge >= 0.3 is 6.03 Å². The molecule has 1 heterocycles. The van der Waals surface area contributed by atoms with Crippen molar-refractivity contribution in [3.63, 3.8) is 0 Å². The van der Waals surface area contributed by atoms with E-state index in [9.17, 15) is 9.59 Å². The third kappa shape index (κ3) is 10.8. The fourth-order valence-electron chi connectivity index (χ4n) is 5.79. The Bertz CT molecular complexity index is 587. The van der Waals surface area contributed by atoms with E-state index in [1.165, 1.54) is 54.7 Å². The first kappa shape index (κ1) is 31.9. The Hall–Kier alpha value is -1.14. The summed E-state index contributed by atoms with van der Waals surface area (Å²) < 4.78 is 5.96. The van der Waals surface area contributed by atoms with E-state index in [2.05, 4.69) is 27.7 Å². The average Bonchev–Trinajstić information content (AvgIpc) is 3.11. The molecule has 0 bridgehead atoms. The molecule has 1 saturated heterocycles. The van der Waals surface area contributed by atoms with Crippen LogP contribution in [0, 0.1) is 10.8 Å². The molecule has 0 saturated carbocycles. The van der Waals surface area contributed by atoms with Crippen molar-refractivity contribution in [2.75, 3.05) is 40.0 Å². The van der Waals surface area contributed by atoms with Crippen LogP contribution < -0.4 is 0 Å². The molecule has 0 aromatic heterocycles. The van der Waals surface area contributed by atoms with Crippen molar-refractivity contribution in [1.29, 1.82) is 0 Å². The second kappa shape index (κ2) is 17.3. The van der Waals surface area contributed by atoms with Crippen LogP contribution in [0.5, 0.6) is 0 Å². The molecule has 6 nitrogen and oxygen atoms in total. The number of urea groups is 1. The monoisotopic (exact) mass is 496 g/mol. The highest BCUT2D eigenvalue weighted by Crippen LogP contribution is 2.38. The van der Waals surface area contributed by atoms with Gasteiger partial charge in [0, 0.05) is 33.4 Å². The highest BCUT2D eigenvalue weighted by molar-refractivity contribution is 6.01. The summed E-state index contributed by atoms with van der Waals surface area (Å²) in [5.41, 5.74) is 0.751. The Morgan fingerprint density at radius 2 is 1.20 bits per heavy atom. The number of imide groups is 1. The highest BCUT2D eigenvalue weighted by Gasteiger charge is 2.34. The van der Waals surface area contributed by atoms with Gasteiger partial charge in [0.25, 0.3) is 0 Å². The number of hydrogen-bond donors (Lipinski definition) is 1. The van der Waals surface area contributed by atoms with Gasteiger partial charge in [-0.25, -0.2) is 4.79 Å². The van der Waals surface area contributed by atoms with Gasteiger partial charge in [0.2, 0.25) is 5.91 Å². The Balaban J connectivity index is 2.22. The molecule has 1 fully saturated rings. The predicted octanol–water partition coefficient (Wildman–Crippen LogP) is 6.79. The molecule has 0 unspecified atom stereocenters. The maximum atomic E-state index is 12.1. The lowest BCUT2D eigenvalue weighted by molar-refractivity contribution is -0.125.